The summed E-state index contributed by atoms with van der Waals surface area (Å²) in [6.07, 6.45) is 3.78. The number of hydrogen-bond donors (Lipinski definition) is 2. The Kier molecular flexibility index (Phi) is 7.30. The van der Waals surface area contributed by atoms with Crippen molar-refractivity contribution in [3.8, 4) is 0 Å². The van der Waals surface area contributed by atoms with E-state index in [1.54, 1.807) is 26.0 Å². The van der Waals surface area contributed by atoms with Crippen molar-refractivity contribution < 1.29 is 9.59 Å². The highest BCUT2D eigenvalue weighted by atomic mass is 79.9. The van der Waals surface area contributed by atoms with Crippen LogP contribution in [0, 0.1) is 5.92 Å². The van der Waals surface area contributed by atoms with Gasteiger partial charge >= 0.3 is 0 Å². The summed E-state index contributed by atoms with van der Waals surface area (Å²) in [5, 5.41) is 6.49. The number of carbonyl (C=O) groups is 2. The van der Waals surface area contributed by atoms with Crippen LogP contribution in [0.2, 0.25) is 0 Å². The lowest BCUT2D eigenvalue weighted by molar-refractivity contribution is -0.120. The van der Waals surface area contributed by atoms with Crippen molar-refractivity contribution in [3.05, 3.63) is 24.3 Å². The molecule has 27 heavy (non-hydrogen) atoms. The molecular weight excluding hydrogens is 408 g/mol. The molecule has 6 nitrogen and oxygen atoms in total. The molecule has 0 saturated carbocycles. The lowest BCUT2D eigenvalue weighted by atomic mass is 9.98. The zero-order valence-electron chi connectivity index (χ0n) is 16.3. The molecule has 7 heteroatoms. The van der Waals surface area contributed by atoms with Gasteiger partial charge in [-0.05, 0) is 51.0 Å². The third-order valence-electron chi connectivity index (χ3n) is 4.35. The summed E-state index contributed by atoms with van der Waals surface area (Å²) in [6.45, 7) is 7.67. The van der Waals surface area contributed by atoms with E-state index < -0.39 is 4.32 Å². The number of nitrogens with zero attached hydrogens (tertiary/aromatic N) is 2. The van der Waals surface area contributed by atoms with E-state index in [0.29, 0.717) is 17.3 Å². The molecule has 1 atom stereocenters. The van der Waals surface area contributed by atoms with Gasteiger partial charge in [0.1, 0.15) is 11.6 Å². The number of aromatic nitrogens is 2. The van der Waals surface area contributed by atoms with Gasteiger partial charge in [0.15, 0.2) is 5.65 Å². The SMILES string of the molecule is CCCCC(CC)C(=O)Nc1ccc2ccc(NC(=O)C(C)(C)Br)nc2n1. The Morgan fingerprint density at radius 1 is 1.07 bits per heavy atom. The smallest absolute Gasteiger partial charge is 0.241 e. The minimum atomic E-state index is -0.694. The summed E-state index contributed by atoms with van der Waals surface area (Å²) in [5.74, 6) is 0.677. The predicted octanol–water partition coefficient (Wildman–Crippen LogP) is 4.90. The van der Waals surface area contributed by atoms with Crippen LogP contribution in [0.15, 0.2) is 24.3 Å². The van der Waals surface area contributed by atoms with E-state index in [0.717, 1.165) is 31.1 Å². The summed E-state index contributed by atoms with van der Waals surface area (Å²) in [4.78, 5) is 33.4. The highest BCUT2D eigenvalue weighted by Gasteiger charge is 2.24. The number of amides is 2. The third-order valence-corrected chi connectivity index (χ3v) is 4.72. The summed E-state index contributed by atoms with van der Waals surface area (Å²) in [6, 6.07) is 7.21. The van der Waals surface area contributed by atoms with Crippen LogP contribution in [-0.2, 0) is 9.59 Å². The normalized spacial score (nSPS) is 12.6. The molecule has 0 radical (unpaired) electrons. The van der Waals surface area contributed by atoms with Crippen LogP contribution in [0.5, 0.6) is 0 Å². The second kappa shape index (κ2) is 9.26. The fraction of sp³-hybridized carbons (Fsp3) is 0.500. The largest absolute Gasteiger partial charge is 0.310 e. The minimum Gasteiger partial charge on any atom is -0.310 e. The monoisotopic (exact) mass is 434 g/mol. The number of hydrogen-bond acceptors (Lipinski definition) is 4. The standard InChI is InChI=1S/C20H27BrN4O2/c1-5-7-8-13(6-2)18(26)24-15-11-9-14-10-12-16(23-17(14)22-15)25-19(27)20(3,4)21/h9-13H,5-8H2,1-4H3,(H2,22,23,24,25,26,27). The zero-order chi connectivity index (χ0) is 20.0. The van der Waals surface area contributed by atoms with Crippen LogP contribution >= 0.6 is 15.9 Å². The van der Waals surface area contributed by atoms with Gasteiger partial charge in [0.25, 0.3) is 0 Å². The Morgan fingerprint density at radius 3 is 2.19 bits per heavy atom. The van der Waals surface area contributed by atoms with Crippen molar-refractivity contribution >= 4 is 50.4 Å². The van der Waals surface area contributed by atoms with E-state index in [2.05, 4.69) is 43.5 Å². The highest BCUT2D eigenvalue weighted by Crippen LogP contribution is 2.21. The van der Waals surface area contributed by atoms with E-state index in [4.69, 9.17) is 0 Å². The van der Waals surface area contributed by atoms with Crippen molar-refractivity contribution in [2.75, 3.05) is 10.6 Å². The molecule has 2 amide bonds. The van der Waals surface area contributed by atoms with E-state index in [1.807, 2.05) is 19.1 Å². The average molecular weight is 435 g/mol. The number of pyridine rings is 2. The van der Waals surface area contributed by atoms with E-state index in [-0.39, 0.29) is 17.7 Å². The summed E-state index contributed by atoms with van der Waals surface area (Å²) >= 11 is 3.33. The molecule has 2 aromatic rings. The second-order valence-corrected chi connectivity index (χ2v) is 9.09. The molecule has 0 aliphatic rings. The first-order chi connectivity index (χ1) is 12.7. The van der Waals surface area contributed by atoms with Crippen molar-refractivity contribution in [1.29, 1.82) is 0 Å². The van der Waals surface area contributed by atoms with Gasteiger partial charge in [0.2, 0.25) is 11.8 Å². The number of fused-ring (bicyclic) bond motifs is 1. The number of anilines is 2. The first kappa shape index (κ1) is 21.3. The Hall–Kier alpha value is -2.02. The molecule has 1 unspecified atom stereocenters. The number of rotatable bonds is 8. The number of nitrogens with one attached hydrogen (secondary N) is 2. The number of unbranched alkanes of at least 4 members (excludes halogenated alkanes) is 1. The zero-order valence-corrected chi connectivity index (χ0v) is 17.9. The van der Waals surface area contributed by atoms with Crippen LogP contribution in [0.4, 0.5) is 11.6 Å². The fourth-order valence-electron chi connectivity index (χ4n) is 2.60. The summed E-state index contributed by atoms with van der Waals surface area (Å²) < 4.78 is -0.694. The quantitative estimate of drug-likeness (QED) is 0.578. The lowest BCUT2D eigenvalue weighted by Gasteiger charge is -2.16. The number of halogens is 1. The van der Waals surface area contributed by atoms with E-state index >= 15 is 0 Å². The summed E-state index contributed by atoms with van der Waals surface area (Å²) in [7, 11) is 0. The summed E-state index contributed by atoms with van der Waals surface area (Å²) in [5.41, 5.74) is 0.472. The molecule has 0 saturated heterocycles. The Bertz CT molecular complexity index is 817. The maximum absolute atomic E-state index is 12.5. The Morgan fingerprint density at radius 2 is 1.67 bits per heavy atom. The van der Waals surface area contributed by atoms with Crippen molar-refractivity contribution in [2.24, 2.45) is 5.92 Å². The van der Waals surface area contributed by atoms with Crippen LogP contribution in [0.25, 0.3) is 11.0 Å². The van der Waals surface area contributed by atoms with Crippen LogP contribution in [-0.4, -0.2) is 26.1 Å². The maximum Gasteiger partial charge on any atom is 0.241 e. The Labute approximate surface area is 168 Å². The van der Waals surface area contributed by atoms with Crippen LogP contribution in [0.1, 0.15) is 53.4 Å². The van der Waals surface area contributed by atoms with Gasteiger partial charge in [-0.25, -0.2) is 9.97 Å². The van der Waals surface area contributed by atoms with Gasteiger partial charge in [-0.3, -0.25) is 9.59 Å². The molecule has 0 fully saturated rings. The lowest BCUT2D eigenvalue weighted by Crippen LogP contribution is -2.31. The first-order valence-electron chi connectivity index (χ1n) is 9.33. The Balaban J connectivity index is 2.17. The molecule has 0 aliphatic heterocycles. The van der Waals surface area contributed by atoms with Crippen molar-refractivity contribution in [2.45, 2.75) is 57.7 Å². The third kappa shape index (κ3) is 5.99. The average Bonchev–Trinajstić information content (AvgIpc) is 2.61. The maximum atomic E-state index is 12.5. The van der Waals surface area contributed by atoms with Gasteiger partial charge in [0.05, 0.1) is 4.32 Å². The molecule has 2 rings (SSSR count). The van der Waals surface area contributed by atoms with Gasteiger partial charge in [-0.1, -0.05) is 42.6 Å². The van der Waals surface area contributed by atoms with Crippen molar-refractivity contribution in [3.63, 3.8) is 0 Å². The highest BCUT2D eigenvalue weighted by molar-refractivity contribution is 9.10. The molecular formula is C20H27BrN4O2. The van der Waals surface area contributed by atoms with Gasteiger partial charge in [-0.15, -0.1) is 0 Å². The van der Waals surface area contributed by atoms with Gasteiger partial charge < -0.3 is 10.6 Å². The topological polar surface area (TPSA) is 84.0 Å². The van der Waals surface area contributed by atoms with Gasteiger partial charge in [-0.2, -0.15) is 0 Å². The molecule has 0 aromatic carbocycles. The minimum absolute atomic E-state index is 0.0108. The first-order valence-corrected chi connectivity index (χ1v) is 10.1. The van der Waals surface area contributed by atoms with E-state index in [9.17, 15) is 9.59 Å². The number of carbonyl (C=O) groups excluding carboxylic acids is 2. The van der Waals surface area contributed by atoms with Crippen LogP contribution in [0.3, 0.4) is 0 Å². The van der Waals surface area contributed by atoms with Crippen molar-refractivity contribution in [1.82, 2.24) is 9.97 Å². The van der Waals surface area contributed by atoms with Crippen LogP contribution < -0.4 is 10.6 Å². The van der Waals surface area contributed by atoms with Gasteiger partial charge in [0, 0.05) is 11.3 Å². The molecule has 0 spiro atoms. The molecule has 2 aromatic heterocycles. The molecule has 2 heterocycles. The fourth-order valence-corrected chi connectivity index (χ4v) is 2.70. The predicted molar refractivity (Wildman–Crippen MR) is 113 cm³/mol. The molecule has 146 valence electrons. The molecule has 2 N–H and O–H groups in total. The molecule has 0 aliphatic carbocycles. The second-order valence-electron chi connectivity index (χ2n) is 7.10. The van der Waals surface area contributed by atoms with E-state index in [1.165, 1.54) is 0 Å². The molecule has 0 bridgehead atoms. The number of alkyl halides is 1.